The van der Waals surface area contributed by atoms with Crippen LogP contribution in [0.1, 0.15) is 18.1 Å². The van der Waals surface area contributed by atoms with Crippen LogP contribution >= 0.6 is 22.0 Å². The molecule has 34 heavy (non-hydrogen) atoms. The SMILES string of the molecule is CCc1cc(S(F)(F)(F)(F)F)cc2c1O[C@H](C(F)(F)F)C(C(=O)OCCSCCO[N+](=O)[O-])=C2. The minimum absolute atomic E-state index is 0.00255. The molecule has 1 aromatic carbocycles. The normalized spacial score (nSPS) is 18.0. The lowest BCUT2D eigenvalue weighted by Gasteiger charge is -2.41. The fourth-order valence-corrected chi connectivity index (χ4v) is 4.11. The summed E-state index contributed by atoms with van der Waals surface area (Å²) in [6, 6.07) is -0.0358. The average molecular weight is 547 g/mol. The fraction of sp³-hybridized carbons (Fsp3) is 0.471. The first-order chi connectivity index (χ1) is 15.3. The van der Waals surface area contributed by atoms with Crippen LogP contribution in [0.5, 0.6) is 5.75 Å². The predicted octanol–water partition coefficient (Wildman–Crippen LogP) is 6.10. The molecule has 1 aliphatic heterocycles. The number of carbonyl (C=O) groups excluding carboxylic acids is 1. The van der Waals surface area contributed by atoms with E-state index in [2.05, 4.69) is 4.84 Å². The van der Waals surface area contributed by atoms with Crippen LogP contribution in [-0.2, 0) is 20.8 Å². The van der Waals surface area contributed by atoms with Gasteiger partial charge in [-0.15, -0.1) is 10.1 Å². The second-order valence-corrected chi connectivity index (χ2v) is 10.4. The number of carbonyl (C=O) groups is 1. The first-order valence-corrected chi connectivity index (χ1v) is 12.3. The molecule has 194 valence electrons. The number of hydrogen-bond acceptors (Lipinski definition) is 7. The number of thioether (sulfide) groups is 1. The van der Waals surface area contributed by atoms with E-state index in [0.717, 1.165) is 11.8 Å². The van der Waals surface area contributed by atoms with Crippen LogP contribution in [-0.4, -0.2) is 48.1 Å². The highest BCUT2D eigenvalue weighted by atomic mass is 32.5. The van der Waals surface area contributed by atoms with Gasteiger partial charge in [-0.2, -0.15) is 24.9 Å². The monoisotopic (exact) mass is 547 g/mol. The van der Waals surface area contributed by atoms with Gasteiger partial charge in [-0.05, 0) is 30.2 Å². The Hall–Kier alpha value is -2.43. The molecule has 0 amide bonds. The van der Waals surface area contributed by atoms with Crippen molar-refractivity contribution in [1.29, 1.82) is 0 Å². The van der Waals surface area contributed by atoms with Crippen LogP contribution in [0.2, 0.25) is 0 Å². The van der Waals surface area contributed by atoms with Gasteiger partial charge in [-0.3, -0.25) is 0 Å². The molecule has 1 heterocycles. The second kappa shape index (κ2) is 8.98. The summed E-state index contributed by atoms with van der Waals surface area (Å²) in [5.41, 5.74) is -2.54. The third kappa shape index (κ3) is 7.28. The Balaban J connectivity index is 2.32. The van der Waals surface area contributed by atoms with E-state index in [1.54, 1.807) is 0 Å². The maximum absolute atomic E-state index is 13.5. The summed E-state index contributed by atoms with van der Waals surface area (Å²) in [5.74, 6) is -2.18. The molecule has 1 atom stereocenters. The first-order valence-electron chi connectivity index (χ1n) is 9.21. The van der Waals surface area contributed by atoms with Gasteiger partial charge in [0.15, 0.2) is 0 Å². The number of halogens is 8. The summed E-state index contributed by atoms with van der Waals surface area (Å²) in [4.78, 5) is 23.9. The molecule has 0 N–H and O–H groups in total. The molecule has 0 aromatic heterocycles. The summed E-state index contributed by atoms with van der Waals surface area (Å²) in [5, 5.41) is 8.97. The smallest absolute Gasteiger partial charge is 0.430 e. The molecular weight excluding hydrogens is 530 g/mol. The zero-order chi connectivity index (χ0) is 26.0. The molecule has 0 radical (unpaired) electrons. The Bertz CT molecular complexity index is 997. The second-order valence-electron chi connectivity index (χ2n) is 6.77. The summed E-state index contributed by atoms with van der Waals surface area (Å²) >= 11 is 1.00. The number of benzene rings is 1. The molecule has 0 bridgehead atoms. The maximum Gasteiger partial charge on any atom is 0.430 e. The van der Waals surface area contributed by atoms with Crippen LogP contribution in [0.3, 0.4) is 0 Å². The van der Waals surface area contributed by atoms with Gasteiger partial charge in [0.25, 0.3) is 5.09 Å². The first kappa shape index (κ1) is 27.8. The van der Waals surface area contributed by atoms with Crippen molar-refractivity contribution < 1.29 is 56.8 Å². The number of fused-ring (bicyclic) bond motifs is 1. The highest BCUT2D eigenvalue weighted by Crippen LogP contribution is 3.02. The number of ether oxygens (including phenoxy) is 2. The number of aryl methyl sites for hydroxylation is 1. The highest BCUT2D eigenvalue weighted by Gasteiger charge is 2.65. The van der Waals surface area contributed by atoms with Crippen LogP contribution in [0.25, 0.3) is 6.08 Å². The molecule has 17 heteroatoms. The minimum atomic E-state index is -10.2. The third-order valence-corrected chi connectivity index (χ3v) is 6.28. The summed E-state index contributed by atoms with van der Waals surface area (Å²) in [6.45, 7) is 0.493. The molecular formula is C17H17F8NO6S2. The Morgan fingerprint density at radius 2 is 1.79 bits per heavy atom. The van der Waals surface area contributed by atoms with Crippen molar-refractivity contribution >= 4 is 34.0 Å². The van der Waals surface area contributed by atoms with E-state index in [1.807, 2.05) is 0 Å². The zero-order valence-electron chi connectivity index (χ0n) is 17.1. The third-order valence-electron chi connectivity index (χ3n) is 4.24. The molecule has 0 saturated heterocycles. The Kier molecular flexibility index (Phi) is 7.34. The number of esters is 1. The van der Waals surface area contributed by atoms with Crippen molar-refractivity contribution in [3.8, 4) is 5.75 Å². The van der Waals surface area contributed by atoms with Gasteiger partial charge in [0.05, 0.1) is 5.57 Å². The fourth-order valence-electron chi connectivity index (χ4n) is 2.80. The Morgan fingerprint density at radius 3 is 2.32 bits per heavy atom. The Morgan fingerprint density at radius 1 is 1.18 bits per heavy atom. The quantitative estimate of drug-likeness (QED) is 0.115. The standard InChI is InChI=1S/C17H17F8NO6S2/c1-2-10-7-12(34(21,22,23,24)25)8-11-9-13(15(17(18,19)20)32-14(10)11)16(27)30-3-5-33-6-4-31-26(28)29/h7-9,15H,2-6H2,1H3/t15-/m0/s1. The van der Waals surface area contributed by atoms with E-state index < -0.39 is 67.5 Å². The largest absolute Gasteiger partial charge is 0.475 e. The average Bonchev–Trinajstić information content (AvgIpc) is 2.68. The minimum Gasteiger partial charge on any atom is -0.475 e. The van der Waals surface area contributed by atoms with Gasteiger partial charge >= 0.3 is 22.4 Å². The Labute approximate surface area is 191 Å². The van der Waals surface area contributed by atoms with Gasteiger partial charge in [-0.1, -0.05) is 26.4 Å². The lowest BCUT2D eigenvalue weighted by molar-refractivity contribution is -0.756. The number of rotatable bonds is 10. The van der Waals surface area contributed by atoms with Crippen molar-refractivity contribution in [3.05, 3.63) is 38.9 Å². The lowest BCUT2D eigenvalue weighted by atomic mass is 9.98. The molecule has 0 spiro atoms. The molecule has 2 rings (SSSR count). The van der Waals surface area contributed by atoms with Crippen LogP contribution < -0.4 is 4.74 Å². The molecule has 0 fully saturated rings. The van der Waals surface area contributed by atoms with Crippen molar-refractivity contribution in [1.82, 2.24) is 0 Å². The molecule has 0 unspecified atom stereocenters. The van der Waals surface area contributed by atoms with Gasteiger partial charge in [0, 0.05) is 17.1 Å². The van der Waals surface area contributed by atoms with Gasteiger partial charge in [-0.25, -0.2) is 4.79 Å². The van der Waals surface area contributed by atoms with E-state index in [-0.39, 0.29) is 36.7 Å². The van der Waals surface area contributed by atoms with E-state index in [1.165, 1.54) is 6.92 Å². The molecule has 0 saturated carbocycles. The van der Waals surface area contributed by atoms with Crippen molar-refractivity contribution in [3.63, 3.8) is 0 Å². The van der Waals surface area contributed by atoms with Crippen LogP contribution in [0.4, 0.5) is 32.6 Å². The highest BCUT2D eigenvalue weighted by molar-refractivity contribution is 8.45. The van der Waals surface area contributed by atoms with Gasteiger partial charge < -0.3 is 14.3 Å². The predicted molar refractivity (Wildman–Crippen MR) is 107 cm³/mol. The number of nitrogens with zero attached hydrogens (tertiary/aromatic N) is 1. The maximum atomic E-state index is 13.5. The van der Waals surface area contributed by atoms with Gasteiger partial charge in [0.2, 0.25) is 6.10 Å². The number of hydrogen-bond donors (Lipinski definition) is 0. The van der Waals surface area contributed by atoms with Crippen LogP contribution in [0, 0.1) is 10.1 Å². The van der Waals surface area contributed by atoms with Crippen molar-refractivity contribution in [2.45, 2.75) is 30.5 Å². The van der Waals surface area contributed by atoms with Crippen molar-refractivity contribution in [2.75, 3.05) is 24.7 Å². The summed E-state index contributed by atoms with van der Waals surface area (Å²) < 4.78 is 117. The van der Waals surface area contributed by atoms with Crippen molar-refractivity contribution in [2.24, 2.45) is 0 Å². The van der Waals surface area contributed by atoms with Crippen LogP contribution in [0.15, 0.2) is 22.6 Å². The molecule has 1 aromatic rings. The topological polar surface area (TPSA) is 87.9 Å². The van der Waals surface area contributed by atoms with E-state index in [4.69, 9.17) is 9.47 Å². The van der Waals surface area contributed by atoms with E-state index >= 15 is 0 Å². The van der Waals surface area contributed by atoms with E-state index in [9.17, 15) is 47.5 Å². The number of alkyl halides is 3. The molecule has 7 nitrogen and oxygen atoms in total. The summed E-state index contributed by atoms with van der Waals surface area (Å²) in [6.07, 6.45) is -8.05. The van der Waals surface area contributed by atoms with Gasteiger partial charge in [0.1, 0.15) is 23.9 Å². The molecule has 0 aliphatic carbocycles. The lowest BCUT2D eigenvalue weighted by Crippen LogP contribution is -2.41. The zero-order valence-corrected chi connectivity index (χ0v) is 18.7. The molecule has 1 aliphatic rings. The summed E-state index contributed by atoms with van der Waals surface area (Å²) in [7, 11) is -10.2. The van der Waals surface area contributed by atoms with E-state index in [0.29, 0.717) is 6.08 Å².